The Morgan fingerprint density at radius 1 is 1.24 bits per heavy atom. The molecule has 21 heavy (non-hydrogen) atoms. The van der Waals surface area contributed by atoms with E-state index in [9.17, 15) is 13.2 Å². The van der Waals surface area contributed by atoms with Crippen molar-refractivity contribution in [1.29, 1.82) is 0 Å². The highest BCUT2D eigenvalue weighted by atomic mass is 19.4. The SMILES string of the molecule is CC(C)CCN=C(N)NCCc1ccc(C(F)(F)F)cc1. The van der Waals surface area contributed by atoms with Crippen LogP contribution in [0.2, 0.25) is 0 Å². The number of nitrogens with two attached hydrogens (primary N) is 1. The molecule has 0 radical (unpaired) electrons. The molecule has 0 heterocycles. The van der Waals surface area contributed by atoms with E-state index in [1.807, 2.05) is 0 Å². The fourth-order valence-corrected chi connectivity index (χ4v) is 1.69. The minimum atomic E-state index is -4.29. The molecule has 0 saturated carbocycles. The summed E-state index contributed by atoms with van der Waals surface area (Å²) in [6.07, 6.45) is -2.72. The lowest BCUT2D eigenvalue weighted by Gasteiger charge is -2.09. The molecule has 0 unspecified atom stereocenters. The van der Waals surface area contributed by atoms with Crippen molar-refractivity contribution in [3.8, 4) is 0 Å². The Hall–Kier alpha value is -1.72. The average Bonchev–Trinajstić information content (AvgIpc) is 2.38. The molecule has 0 fully saturated rings. The number of halogens is 3. The van der Waals surface area contributed by atoms with Crippen LogP contribution in [0.4, 0.5) is 13.2 Å². The van der Waals surface area contributed by atoms with E-state index in [0.29, 0.717) is 31.4 Å². The Kier molecular flexibility index (Phi) is 6.52. The van der Waals surface area contributed by atoms with Gasteiger partial charge >= 0.3 is 6.18 Å². The number of rotatable bonds is 6. The van der Waals surface area contributed by atoms with E-state index in [-0.39, 0.29) is 0 Å². The standard InChI is InChI=1S/C15H22F3N3/c1-11(2)7-9-20-14(19)21-10-8-12-3-5-13(6-4-12)15(16,17)18/h3-6,11H,7-10H2,1-2H3,(H3,19,20,21). The van der Waals surface area contributed by atoms with Crippen LogP contribution in [0.25, 0.3) is 0 Å². The van der Waals surface area contributed by atoms with Crippen molar-refractivity contribution in [1.82, 2.24) is 5.32 Å². The Labute approximate surface area is 123 Å². The first kappa shape index (κ1) is 17.3. The molecule has 0 atom stereocenters. The van der Waals surface area contributed by atoms with Gasteiger partial charge in [-0.25, -0.2) is 0 Å². The van der Waals surface area contributed by atoms with E-state index >= 15 is 0 Å². The molecule has 0 amide bonds. The van der Waals surface area contributed by atoms with Crippen molar-refractivity contribution >= 4 is 5.96 Å². The Balaban J connectivity index is 2.35. The predicted molar refractivity (Wildman–Crippen MR) is 79.1 cm³/mol. The molecule has 1 rings (SSSR count). The summed E-state index contributed by atoms with van der Waals surface area (Å²) in [5.74, 6) is 0.955. The highest BCUT2D eigenvalue weighted by molar-refractivity contribution is 5.77. The molecule has 0 spiro atoms. The van der Waals surface area contributed by atoms with E-state index in [2.05, 4.69) is 24.2 Å². The third-order valence-electron chi connectivity index (χ3n) is 2.99. The molecule has 3 N–H and O–H groups in total. The van der Waals surface area contributed by atoms with Gasteiger partial charge < -0.3 is 11.1 Å². The Morgan fingerprint density at radius 3 is 2.38 bits per heavy atom. The molecule has 0 aliphatic heterocycles. The van der Waals surface area contributed by atoms with E-state index in [4.69, 9.17) is 5.73 Å². The molecular formula is C15H22F3N3. The van der Waals surface area contributed by atoms with Crippen molar-refractivity contribution in [3.63, 3.8) is 0 Å². The van der Waals surface area contributed by atoms with Gasteiger partial charge in [0, 0.05) is 13.1 Å². The van der Waals surface area contributed by atoms with Crippen LogP contribution in [0.5, 0.6) is 0 Å². The van der Waals surface area contributed by atoms with Crippen LogP contribution in [0, 0.1) is 5.92 Å². The highest BCUT2D eigenvalue weighted by Crippen LogP contribution is 2.29. The van der Waals surface area contributed by atoms with Crippen molar-refractivity contribution < 1.29 is 13.2 Å². The Morgan fingerprint density at radius 2 is 1.86 bits per heavy atom. The maximum absolute atomic E-state index is 12.4. The fraction of sp³-hybridized carbons (Fsp3) is 0.533. The van der Waals surface area contributed by atoms with E-state index in [1.54, 1.807) is 0 Å². The normalized spacial score (nSPS) is 12.8. The molecule has 1 aromatic carbocycles. The van der Waals surface area contributed by atoms with Gasteiger partial charge in [0.15, 0.2) is 5.96 Å². The topological polar surface area (TPSA) is 50.4 Å². The number of nitrogens with zero attached hydrogens (tertiary/aromatic N) is 1. The molecule has 1 aromatic rings. The van der Waals surface area contributed by atoms with E-state index < -0.39 is 11.7 Å². The smallest absolute Gasteiger partial charge is 0.370 e. The zero-order valence-corrected chi connectivity index (χ0v) is 12.4. The van der Waals surface area contributed by atoms with Crippen molar-refractivity contribution in [2.24, 2.45) is 16.6 Å². The summed E-state index contributed by atoms with van der Waals surface area (Å²) in [5, 5.41) is 2.96. The molecule has 0 aliphatic carbocycles. The van der Waals surface area contributed by atoms with Crippen LogP contribution in [0.1, 0.15) is 31.4 Å². The minimum absolute atomic E-state index is 0.377. The van der Waals surface area contributed by atoms with Crippen LogP contribution in [0.3, 0.4) is 0 Å². The average molecular weight is 301 g/mol. The maximum atomic E-state index is 12.4. The number of guanidine groups is 1. The lowest BCUT2D eigenvalue weighted by Crippen LogP contribution is -2.33. The summed E-state index contributed by atoms with van der Waals surface area (Å²) in [4.78, 5) is 4.18. The first-order valence-corrected chi connectivity index (χ1v) is 6.99. The number of nitrogens with one attached hydrogen (secondary N) is 1. The highest BCUT2D eigenvalue weighted by Gasteiger charge is 2.29. The summed E-state index contributed by atoms with van der Waals surface area (Å²) in [6, 6.07) is 5.15. The van der Waals surface area contributed by atoms with Gasteiger partial charge in [0.1, 0.15) is 0 Å². The lowest BCUT2D eigenvalue weighted by molar-refractivity contribution is -0.137. The second-order valence-corrected chi connectivity index (χ2v) is 5.32. The maximum Gasteiger partial charge on any atom is 0.416 e. The second kappa shape index (κ2) is 7.90. The van der Waals surface area contributed by atoms with Crippen LogP contribution in [0.15, 0.2) is 29.3 Å². The third-order valence-corrected chi connectivity index (χ3v) is 2.99. The minimum Gasteiger partial charge on any atom is -0.370 e. The van der Waals surface area contributed by atoms with Crippen LogP contribution < -0.4 is 11.1 Å². The Bertz CT molecular complexity index is 450. The first-order chi connectivity index (χ1) is 9.79. The molecule has 0 saturated heterocycles. The monoisotopic (exact) mass is 301 g/mol. The summed E-state index contributed by atoms with van der Waals surface area (Å²) in [6.45, 7) is 5.45. The van der Waals surface area contributed by atoms with Crippen LogP contribution in [-0.2, 0) is 12.6 Å². The largest absolute Gasteiger partial charge is 0.416 e. The quantitative estimate of drug-likeness (QED) is 0.626. The predicted octanol–water partition coefficient (Wildman–Crippen LogP) is 3.20. The summed E-state index contributed by atoms with van der Waals surface area (Å²) in [7, 11) is 0. The van der Waals surface area contributed by atoms with Gasteiger partial charge in [0.05, 0.1) is 5.56 Å². The zero-order valence-electron chi connectivity index (χ0n) is 12.4. The fourth-order valence-electron chi connectivity index (χ4n) is 1.69. The number of hydrogen-bond donors (Lipinski definition) is 2. The summed E-state index contributed by atoms with van der Waals surface area (Å²) >= 11 is 0. The van der Waals surface area contributed by atoms with Crippen molar-refractivity contribution in [3.05, 3.63) is 35.4 Å². The van der Waals surface area contributed by atoms with Gasteiger partial charge in [-0.15, -0.1) is 0 Å². The van der Waals surface area contributed by atoms with Gasteiger partial charge in [-0.2, -0.15) is 13.2 Å². The summed E-state index contributed by atoms with van der Waals surface area (Å²) < 4.78 is 37.2. The van der Waals surface area contributed by atoms with E-state index in [1.165, 1.54) is 12.1 Å². The van der Waals surface area contributed by atoms with Crippen molar-refractivity contribution in [2.45, 2.75) is 32.9 Å². The molecule has 118 valence electrons. The lowest BCUT2D eigenvalue weighted by atomic mass is 10.1. The van der Waals surface area contributed by atoms with Gasteiger partial charge in [-0.3, -0.25) is 4.99 Å². The van der Waals surface area contributed by atoms with Crippen LogP contribution in [-0.4, -0.2) is 19.0 Å². The zero-order chi connectivity index (χ0) is 15.9. The molecule has 0 bridgehead atoms. The van der Waals surface area contributed by atoms with Crippen LogP contribution >= 0.6 is 0 Å². The van der Waals surface area contributed by atoms with Gasteiger partial charge in [-0.05, 0) is 36.5 Å². The molecule has 6 heteroatoms. The third kappa shape index (κ3) is 7.02. The molecule has 0 aromatic heterocycles. The van der Waals surface area contributed by atoms with E-state index in [0.717, 1.165) is 24.1 Å². The van der Waals surface area contributed by atoms with Gasteiger partial charge in [0.2, 0.25) is 0 Å². The first-order valence-electron chi connectivity index (χ1n) is 6.99. The molecule has 0 aliphatic rings. The number of benzene rings is 1. The molecular weight excluding hydrogens is 279 g/mol. The number of hydrogen-bond acceptors (Lipinski definition) is 1. The second-order valence-electron chi connectivity index (χ2n) is 5.32. The van der Waals surface area contributed by atoms with Gasteiger partial charge in [0.25, 0.3) is 0 Å². The number of aliphatic imine (C=N–C) groups is 1. The molecule has 3 nitrogen and oxygen atoms in total. The van der Waals surface area contributed by atoms with Crippen molar-refractivity contribution in [2.75, 3.05) is 13.1 Å². The van der Waals surface area contributed by atoms with Gasteiger partial charge in [-0.1, -0.05) is 26.0 Å². The number of alkyl halides is 3. The summed E-state index contributed by atoms with van der Waals surface area (Å²) in [5.41, 5.74) is 5.89.